The van der Waals surface area contributed by atoms with E-state index >= 15 is 0 Å². The Hall–Kier alpha value is -2.19. The van der Waals surface area contributed by atoms with E-state index in [-0.39, 0.29) is 5.11 Å². The number of fused-ring (bicyclic) bond motifs is 1. The Kier molecular flexibility index (Phi) is 6.51. The Labute approximate surface area is 180 Å². The Morgan fingerprint density at radius 1 is 1.14 bits per heavy atom. The predicted octanol–water partition coefficient (Wildman–Crippen LogP) is 5.51. The smallest absolute Gasteiger partial charge is 0.338 e. The van der Waals surface area contributed by atoms with Crippen molar-refractivity contribution < 1.29 is 14.3 Å². The van der Waals surface area contributed by atoms with Crippen molar-refractivity contribution in [2.75, 3.05) is 11.9 Å². The van der Waals surface area contributed by atoms with Crippen LogP contribution in [0.4, 0.5) is 5.69 Å². The first-order valence-electron chi connectivity index (χ1n) is 8.16. The molecule has 0 spiro atoms. The van der Waals surface area contributed by atoms with Crippen molar-refractivity contribution in [2.24, 2.45) is 0 Å². The molecule has 0 radical (unpaired) electrons. The highest BCUT2D eigenvalue weighted by atomic mass is 35.5. The minimum atomic E-state index is -0.414. The summed E-state index contributed by atoms with van der Waals surface area (Å²) in [6.45, 7) is 2.05. The normalized spacial score (nSPS) is 10.5. The molecular weight excluding hydrogens is 439 g/mol. The first-order chi connectivity index (χ1) is 13.4. The van der Waals surface area contributed by atoms with Crippen molar-refractivity contribution in [1.29, 1.82) is 0 Å². The molecule has 9 heteroatoms. The Bertz CT molecular complexity index is 1060. The van der Waals surface area contributed by atoms with Crippen LogP contribution in [0.2, 0.25) is 10.0 Å². The van der Waals surface area contributed by atoms with Gasteiger partial charge in [-0.05, 0) is 55.5 Å². The van der Waals surface area contributed by atoms with Crippen LogP contribution in [0.15, 0.2) is 42.5 Å². The van der Waals surface area contributed by atoms with Gasteiger partial charge in [-0.15, -0.1) is 11.3 Å². The van der Waals surface area contributed by atoms with E-state index in [9.17, 15) is 9.59 Å². The summed E-state index contributed by atoms with van der Waals surface area (Å²) in [4.78, 5) is 24.5. The molecule has 0 aliphatic carbocycles. The molecule has 3 aromatic rings. The summed E-state index contributed by atoms with van der Waals surface area (Å²) >= 11 is 18.7. The number of thiocarbonyl (C=S) groups is 1. The number of halogens is 2. The molecule has 0 unspecified atom stereocenters. The van der Waals surface area contributed by atoms with E-state index in [0.29, 0.717) is 32.8 Å². The van der Waals surface area contributed by atoms with Gasteiger partial charge < -0.3 is 10.1 Å². The number of carbonyl (C=O) groups excluding carboxylic acids is 2. The molecule has 0 saturated carbocycles. The number of hydrogen-bond donors (Lipinski definition) is 2. The third-order valence-electron chi connectivity index (χ3n) is 3.68. The van der Waals surface area contributed by atoms with E-state index in [4.69, 9.17) is 40.2 Å². The quantitative estimate of drug-likeness (QED) is 0.403. The van der Waals surface area contributed by atoms with Crippen molar-refractivity contribution in [3.8, 4) is 0 Å². The molecule has 0 fully saturated rings. The fraction of sp³-hybridized carbons (Fsp3) is 0.105. The van der Waals surface area contributed by atoms with Crippen LogP contribution in [0.1, 0.15) is 27.0 Å². The number of hydrogen-bond acceptors (Lipinski definition) is 5. The molecule has 2 aromatic carbocycles. The second kappa shape index (κ2) is 8.87. The summed E-state index contributed by atoms with van der Waals surface area (Å²) < 4.78 is 5.75. The summed E-state index contributed by atoms with van der Waals surface area (Å²) in [5.41, 5.74) is 1.05. The number of nitrogens with one attached hydrogen (secondary N) is 2. The highest BCUT2D eigenvalue weighted by Gasteiger charge is 2.18. The number of amides is 1. The molecule has 0 aliphatic heterocycles. The van der Waals surface area contributed by atoms with Gasteiger partial charge in [0.15, 0.2) is 5.11 Å². The topological polar surface area (TPSA) is 67.4 Å². The molecule has 5 nitrogen and oxygen atoms in total. The van der Waals surface area contributed by atoms with Crippen molar-refractivity contribution in [2.45, 2.75) is 6.92 Å². The van der Waals surface area contributed by atoms with Crippen LogP contribution < -0.4 is 10.6 Å². The van der Waals surface area contributed by atoms with E-state index in [0.717, 1.165) is 10.1 Å². The number of rotatable bonds is 4. The largest absolute Gasteiger partial charge is 0.462 e. The molecule has 1 amide bonds. The number of ether oxygens (including phenoxy) is 1. The van der Waals surface area contributed by atoms with Crippen molar-refractivity contribution in [3.05, 3.63) is 63.0 Å². The maximum absolute atomic E-state index is 12.5. The van der Waals surface area contributed by atoms with Gasteiger partial charge in [0.05, 0.1) is 17.2 Å². The minimum absolute atomic E-state index is 0.112. The van der Waals surface area contributed by atoms with Gasteiger partial charge in [0, 0.05) is 20.8 Å². The monoisotopic (exact) mass is 452 g/mol. The number of carbonyl (C=O) groups is 2. The standard InChI is InChI=1S/C19H14Cl2N2O3S2/c1-2-26-18(25)10-3-6-12(7-4-10)22-19(27)23-17(24)16-15(21)13-8-5-11(20)9-14(13)28-16/h3-9H,2H2,1H3,(H2,22,23,24,27). The lowest BCUT2D eigenvalue weighted by Crippen LogP contribution is -2.33. The lowest BCUT2D eigenvalue weighted by atomic mass is 10.2. The van der Waals surface area contributed by atoms with Gasteiger partial charge >= 0.3 is 5.97 Å². The fourth-order valence-electron chi connectivity index (χ4n) is 2.41. The number of anilines is 1. The number of thiophene rings is 1. The number of benzene rings is 2. The fourth-order valence-corrected chi connectivity index (χ4v) is 4.31. The first-order valence-corrected chi connectivity index (χ1v) is 10.1. The highest BCUT2D eigenvalue weighted by molar-refractivity contribution is 7.80. The van der Waals surface area contributed by atoms with Crippen molar-refractivity contribution in [1.82, 2.24) is 5.32 Å². The zero-order valence-electron chi connectivity index (χ0n) is 14.5. The van der Waals surface area contributed by atoms with E-state index in [1.807, 2.05) is 0 Å². The highest BCUT2D eigenvalue weighted by Crippen LogP contribution is 2.36. The summed E-state index contributed by atoms with van der Waals surface area (Å²) in [7, 11) is 0. The van der Waals surface area contributed by atoms with Crippen molar-refractivity contribution >= 4 is 79.5 Å². The van der Waals surface area contributed by atoms with E-state index in [2.05, 4.69) is 10.6 Å². The molecule has 144 valence electrons. The molecule has 0 saturated heterocycles. The second-order valence-corrected chi connectivity index (χ2v) is 7.87. The average molecular weight is 453 g/mol. The molecule has 0 aliphatic rings. The van der Waals surface area contributed by atoms with Crippen LogP contribution in [0.3, 0.4) is 0 Å². The number of esters is 1. The Balaban J connectivity index is 1.67. The predicted molar refractivity (Wildman–Crippen MR) is 118 cm³/mol. The van der Waals surface area contributed by atoms with Gasteiger partial charge in [-0.25, -0.2) is 4.79 Å². The molecule has 1 heterocycles. The summed E-state index contributed by atoms with van der Waals surface area (Å²) in [6.07, 6.45) is 0. The Morgan fingerprint density at radius 2 is 1.86 bits per heavy atom. The van der Waals surface area contributed by atoms with Crippen LogP contribution in [0.25, 0.3) is 10.1 Å². The average Bonchev–Trinajstić information content (AvgIpc) is 2.98. The summed E-state index contributed by atoms with van der Waals surface area (Å²) in [6, 6.07) is 11.8. The molecule has 0 bridgehead atoms. The van der Waals surface area contributed by atoms with Gasteiger partial charge in [-0.3, -0.25) is 10.1 Å². The van der Waals surface area contributed by atoms with E-state index in [1.54, 1.807) is 49.4 Å². The first kappa shape index (κ1) is 20.5. The van der Waals surface area contributed by atoms with E-state index < -0.39 is 11.9 Å². The molecular formula is C19H14Cl2N2O3S2. The zero-order valence-corrected chi connectivity index (χ0v) is 17.7. The maximum Gasteiger partial charge on any atom is 0.338 e. The van der Waals surface area contributed by atoms with Crippen molar-refractivity contribution in [3.63, 3.8) is 0 Å². The minimum Gasteiger partial charge on any atom is -0.462 e. The lowest BCUT2D eigenvalue weighted by Gasteiger charge is -2.09. The van der Waals surface area contributed by atoms with Crippen LogP contribution in [-0.4, -0.2) is 23.6 Å². The molecule has 0 atom stereocenters. The van der Waals surface area contributed by atoms with E-state index in [1.165, 1.54) is 11.3 Å². The zero-order chi connectivity index (χ0) is 20.3. The molecule has 28 heavy (non-hydrogen) atoms. The Morgan fingerprint density at radius 3 is 2.54 bits per heavy atom. The van der Waals surface area contributed by atoms with Gasteiger partial charge in [0.1, 0.15) is 4.88 Å². The third-order valence-corrected chi connectivity index (χ3v) is 5.77. The maximum atomic E-state index is 12.5. The second-order valence-electron chi connectivity index (χ2n) is 5.59. The van der Waals surface area contributed by atoms with Crippen LogP contribution in [-0.2, 0) is 4.74 Å². The van der Waals surface area contributed by atoms with Gasteiger partial charge in [-0.2, -0.15) is 0 Å². The van der Waals surface area contributed by atoms with Gasteiger partial charge in [0.2, 0.25) is 0 Å². The van der Waals surface area contributed by atoms with Crippen LogP contribution in [0, 0.1) is 0 Å². The third kappa shape index (κ3) is 4.62. The summed E-state index contributed by atoms with van der Waals surface area (Å²) in [5, 5.41) is 7.29. The van der Waals surface area contributed by atoms with Crippen LogP contribution in [0.5, 0.6) is 0 Å². The molecule has 3 rings (SSSR count). The molecule has 2 N–H and O–H groups in total. The van der Waals surface area contributed by atoms with Gasteiger partial charge in [-0.1, -0.05) is 29.3 Å². The SMILES string of the molecule is CCOC(=O)c1ccc(NC(=S)NC(=O)c2sc3cc(Cl)ccc3c2Cl)cc1. The summed E-state index contributed by atoms with van der Waals surface area (Å²) in [5.74, 6) is -0.813. The molecule has 1 aromatic heterocycles. The lowest BCUT2D eigenvalue weighted by molar-refractivity contribution is 0.0526. The van der Waals surface area contributed by atoms with Crippen LogP contribution >= 0.6 is 46.8 Å². The van der Waals surface area contributed by atoms with Gasteiger partial charge in [0.25, 0.3) is 5.91 Å².